The molecule has 0 amide bonds. The summed E-state index contributed by atoms with van der Waals surface area (Å²) in [4.78, 5) is 17.0. The fourth-order valence-electron chi connectivity index (χ4n) is 4.06. The van der Waals surface area contributed by atoms with Crippen LogP contribution in [0.3, 0.4) is 0 Å². The van der Waals surface area contributed by atoms with Gasteiger partial charge in [0.2, 0.25) is 5.71 Å². The first-order chi connectivity index (χ1) is 14.9. The second-order valence-corrected chi connectivity index (χ2v) is 7.90. The van der Waals surface area contributed by atoms with Gasteiger partial charge in [-0.05, 0) is 29.9 Å². The van der Waals surface area contributed by atoms with E-state index in [1.807, 2.05) is 30.3 Å². The third kappa shape index (κ3) is 3.65. The number of fused-ring (bicyclic) bond motifs is 1. The van der Waals surface area contributed by atoms with Crippen LogP contribution in [0.1, 0.15) is 30.7 Å². The maximum absolute atomic E-state index is 13.0. The molecule has 0 unspecified atom stereocenters. The third-order valence-electron chi connectivity index (χ3n) is 5.84. The van der Waals surface area contributed by atoms with Gasteiger partial charge in [-0.2, -0.15) is 13.2 Å². The highest BCUT2D eigenvalue weighted by Gasteiger charge is 2.30. The molecule has 2 aromatic heterocycles. The van der Waals surface area contributed by atoms with Gasteiger partial charge in [-0.15, -0.1) is 0 Å². The van der Waals surface area contributed by atoms with Crippen molar-refractivity contribution in [1.29, 1.82) is 0 Å². The molecule has 0 N–H and O–H groups in total. The largest absolute Gasteiger partial charge is 0.437 e. The second-order valence-electron chi connectivity index (χ2n) is 7.90. The third-order valence-corrected chi connectivity index (χ3v) is 5.84. The van der Waals surface area contributed by atoms with Crippen LogP contribution in [0.5, 0.6) is 0 Å². The summed E-state index contributed by atoms with van der Waals surface area (Å²) in [6, 6.07) is 17.0. The van der Waals surface area contributed by atoms with Crippen LogP contribution in [0.4, 0.5) is 13.2 Å². The van der Waals surface area contributed by atoms with E-state index in [0.717, 1.165) is 11.9 Å². The van der Waals surface area contributed by atoms with E-state index in [9.17, 15) is 18.0 Å². The lowest BCUT2D eigenvalue weighted by atomic mass is 9.80. The minimum atomic E-state index is -4.53. The van der Waals surface area contributed by atoms with Crippen LogP contribution in [-0.2, 0) is 6.54 Å². The Morgan fingerprint density at radius 2 is 1.71 bits per heavy atom. The molecule has 0 bridgehead atoms. The smallest absolute Gasteiger partial charge is 0.406 e. The number of hydrogen-bond acceptors (Lipinski definition) is 3. The van der Waals surface area contributed by atoms with E-state index in [1.54, 1.807) is 12.1 Å². The molecule has 5 rings (SSSR count). The Labute approximate surface area is 176 Å². The van der Waals surface area contributed by atoms with Crippen LogP contribution >= 0.6 is 0 Å². The molecular formula is C24H19F3N2O2. The number of hydrogen-bond donors (Lipinski definition) is 0. The molecule has 7 heteroatoms. The first-order valence-electron chi connectivity index (χ1n) is 10.1. The monoisotopic (exact) mass is 424 g/mol. The number of halogens is 3. The number of rotatable bonds is 4. The molecule has 1 saturated carbocycles. The second kappa shape index (κ2) is 7.41. The van der Waals surface area contributed by atoms with E-state index >= 15 is 0 Å². The van der Waals surface area contributed by atoms with Gasteiger partial charge < -0.3 is 4.42 Å². The molecule has 1 aliphatic rings. The van der Waals surface area contributed by atoms with Crippen molar-refractivity contribution in [3.63, 3.8) is 0 Å². The lowest BCUT2D eigenvalue weighted by Gasteiger charge is -2.25. The highest BCUT2D eigenvalue weighted by Crippen LogP contribution is 2.41. The van der Waals surface area contributed by atoms with Gasteiger partial charge in [0.15, 0.2) is 0 Å². The minimum Gasteiger partial charge on any atom is -0.437 e. The van der Waals surface area contributed by atoms with E-state index in [2.05, 4.69) is 17.1 Å². The minimum absolute atomic E-state index is 0.0281. The average molecular weight is 424 g/mol. The summed E-state index contributed by atoms with van der Waals surface area (Å²) < 4.78 is 45.3. The fourth-order valence-corrected chi connectivity index (χ4v) is 4.06. The van der Waals surface area contributed by atoms with Gasteiger partial charge in [-0.3, -0.25) is 9.36 Å². The Hall–Kier alpha value is -3.35. The summed E-state index contributed by atoms with van der Waals surface area (Å²) >= 11 is 0. The van der Waals surface area contributed by atoms with Crippen LogP contribution in [-0.4, -0.2) is 15.7 Å². The molecular weight excluding hydrogens is 405 g/mol. The van der Waals surface area contributed by atoms with Crippen molar-refractivity contribution in [1.82, 2.24) is 9.55 Å². The molecule has 0 atom stereocenters. The fraction of sp³-hybridized carbons (Fsp3) is 0.250. The number of nitrogens with zero attached hydrogens (tertiary/aromatic N) is 2. The van der Waals surface area contributed by atoms with Gasteiger partial charge in [0, 0.05) is 11.1 Å². The van der Waals surface area contributed by atoms with E-state index in [1.165, 1.54) is 24.8 Å². The molecule has 1 aliphatic carbocycles. The molecule has 0 spiro atoms. The predicted molar refractivity (Wildman–Crippen MR) is 112 cm³/mol. The molecule has 4 nitrogen and oxygen atoms in total. The molecule has 0 saturated heterocycles. The van der Waals surface area contributed by atoms with Crippen molar-refractivity contribution in [2.75, 3.05) is 0 Å². The van der Waals surface area contributed by atoms with E-state index < -0.39 is 18.3 Å². The quantitative estimate of drug-likeness (QED) is 0.395. The summed E-state index contributed by atoms with van der Waals surface area (Å²) in [5, 5.41) is 0.0519. The SMILES string of the molecule is O=c1c2c(-c3ccccc3)c(-c3ccc(C4CCC4)cc3)oc2ncn1CC(F)(F)F. The Kier molecular flexibility index (Phi) is 4.68. The molecule has 158 valence electrons. The van der Waals surface area contributed by atoms with Crippen LogP contribution < -0.4 is 5.56 Å². The predicted octanol–water partition coefficient (Wildman–Crippen LogP) is 6.15. The molecule has 0 aliphatic heterocycles. The van der Waals surface area contributed by atoms with Crippen molar-refractivity contribution in [3.05, 3.63) is 76.8 Å². The topological polar surface area (TPSA) is 48.0 Å². The Morgan fingerprint density at radius 1 is 1.00 bits per heavy atom. The van der Waals surface area contributed by atoms with Gasteiger partial charge in [-0.1, -0.05) is 61.0 Å². The first-order valence-corrected chi connectivity index (χ1v) is 10.1. The van der Waals surface area contributed by atoms with Crippen molar-refractivity contribution >= 4 is 11.1 Å². The molecule has 2 aromatic carbocycles. The number of furan rings is 1. The standard InChI is InChI=1S/C24H19F3N2O2/c25-24(26,27)13-29-14-28-22-20(23(29)30)19(17-5-2-1-3-6-17)21(31-22)18-11-9-16(10-12-18)15-7-4-8-15/h1-3,5-6,9-12,14-15H,4,7-8,13H2. The molecule has 4 aromatic rings. The average Bonchev–Trinajstić information content (AvgIpc) is 3.10. The van der Waals surface area contributed by atoms with Crippen molar-refractivity contribution in [3.8, 4) is 22.5 Å². The Morgan fingerprint density at radius 3 is 2.32 bits per heavy atom. The van der Waals surface area contributed by atoms with E-state index in [-0.39, 0.29) is 11.1 Å². The summed E-state index contributed by atoms with van der Waals surface area (Å²) in [6.07, 6.45) is -0.0379. The number of alkyl halides is 3. The summed E-state index contributed by atoms with van der Waals surface area (Å²) in [6.45, 7) is -1.40. The van der Waals surface area contributed by atoms with E-state index in [0.29, 0.717) is 27.4 Å². The Bertz CT molecular complexity index is 1280. The van der Waals surface area contributed by atoms with Crippen LogP contribution in [0.15, 0.2) is 70.1 Å². The Balaban J connectivity index is 1.71. The maximum Gasteiger partial charge on any atom is 0.406 e. The van der Waals surface area contributed by atoms with Crippen molar-refractivity contribution < 1.29 is 17.6 Å². The zero-order valence-corrected chi connectivity index (χ0v) is 16.5. The summed E-state index contributed by atoms with van der Waals surface area (Å²) in [5.74, 6) is 1.00. The van der Waals surface area contributed by atoms with Crippen LogP contribution in [0.25, 0.3) is 33.6 Å². The zero-order chi connectivity index (χ0) is 21.6. The van der Waals surface area contributed by atoms with Gasteiger partial charge in [0.25, 0.3) is 5.56 Å². The van der Waals surface area contributed by atoms with Gasteiger partial charge in [0.1, 0.15) is 24.0 Å². The lowest BCUT2D eigenvalue weighted by Crippen LogP contribution is -2.28. The first kappa shape index (κ1) is 19.6. The molecule has 1 fully saturated rings. The molecule has 2 heterocycles. The molecule has 0 radical (unpaired) electrons. The number of aromatic nitrogens is 2. The highest BCUT2D eigenvalue weighted by molar-refractivity contribution is 5.99. The summed E-state index contributed by atoms with van der Waals surface area (Å²) in [7, 11) is 0. The van der Waals surface area contributed by atoms with Gasteiger partial charge in [0.05, 0.1) is 0 Å². The van der Waals surface area contributed by atoms with Crippen LogP contribution in [0.2, 0.25) is 0 Å². The number of benzene rings is 2. The molecule has 31 heavy (non-hydrogen) atoms. The van der Waals surface area contributed by atoms with Crippen LogP contribution in [0, 0.1) is 0 Å². The zero-order valence-electron chi connectivity index (χ0n) is 16.5. The van der Waals surface area contributed by atoms with Crippen molar-refractivity contribution in [2.45, 2.75) is 37.9 Å². The summed E-state index contributed by atoms with van der Waals surface area (Å²) in [5.41, 5.74) is 2.41. The van der Waals surface area contributed by atoms with Gasteiger partial charge >= 0.3 is 6.18 Å². The maximum atomic E-state index is 13.0. The van der Waals surface area contributed by atoms with E-state index in [4.69, 9.17) is 4.42 Å². The lowest BCUT2D eigenvalue weighted by molar-refractivity contribution is -0.141. The highest BCUT2D eigenvalue weighted by atomic mass is 19.4. The van der Waals surface area contributed by atoms with Crippen molar-refractivity contribution in [2.24, 2.45) is 0 Å². The van der Waals surface area contributed by atoms with Gasteiger partial charge in [-0.25, -0.2) is 4.98 Å². The normalized spacial score (nSPS) is 14.7.